The normalized spacial score (nSPS) is 14.3. The Morgan fingerprint density at radius 1 is 1.26 bits per heavy atom. The van der Waals surface area contributed by atoms with Crippen LogP contribution in [-0.4, -0.2) is 19.9 Å². The molecular formula is C18H25BrClNOSi. The first-order valence-electron chi connectivity index (χ1n) is 7.90. The first-order valence-corrected chi connectivity index (χ1v) is 12.0. The molecule has 1 heterocycles. The highest BCUT2D eigenvalue weighted by Crippen LogP contribution is 2.38. The van der Waals surface area contributed by atoms with Gasteiger partial charge in [-0.2, -0.15) is 0 Å². The standard InChI is InChI=1S/C18H25BrClNOSi/c1-12(11-22-23(5,6)18(2,3)4)13-7-8-16(19)15-10-21-17(20)9-14(13)15/h7-10,12H,11H2,1-6H3. The van der Waals surface area contributed by atoms with Crippen molar-refractivity contribution in [3.63, 3.8) is 0 Å². The minimum atomic E-state index is -1.74. The average molecular weight is 415 g/mol. The van der Waals surface area contributed by atoms with E-state index in [1.165, 1.54) is 5.56 Å². The predicted octanol–water partition coefficient (Wildman–Crippen LogP) is 6.78. The molecule has 0 radical (unpaired) electrons. The Hall–Kier alpha value is -0.423. The predicted molar refractivity (Wildman–Crippen MR) is 106 cm³/mol. The van der Waals surface area contributed by atoms with E-state index in [9.17, 15) is 0 Å². The van der Waals surface area contributed by atoms with E-state index < -0.39 is 8.32 Å². The number of rotatable bonds is 4. The third-order valence-corrected chi connectivity index (χ3v) is 10.3. The Bertz CT molecular complexity index is 712. The van der Waals surface area contributed by atoms with E-state index in [1.807, 2.05) is 12.3 Å². The maximum absolute atomic E-state index is 6.40. The molecule has 0 aliphatic heterocycles. The Morgan fingerprint density at radius 2 is 1.91 bits per heavy atom. The average Bonchev–Trinajstić information content (AvgIpc) is 2.44. The summed E-state index contributed by atoms with van der Waals surface area (Å²) in [6.45, 7) is 14.3. The topological polar surface area (TPSA) is 22.1 Å². The van der Waals surface area contributed by atoms with Gasteiger partial charge in [-0.1, -0.05) is 61.3 Å². The van der Waals surface area contributed by atoms with Crippen LogP contribution in [0.2, 0.25) is 23.3 Å². The van der Waals surface area contributed by atoms with Crippen molar-refractivity contribution in [1.82, 2.24) is 4.98 Å². The summed E-state index contributed by atoms with van der Waals surface area (Å²) in [5.74, 6) is 0.304. The van der Waals surface area contributed by atoms with Crippen LogP contribution in [0.25, 0.3) is 10.8 Å². The van der Waals surface area contributed by atoms with Crippen molar-refractivity contribution in [3.8, 4) is 0 Å². The number of hydrogen-bond donors (Lipinski definition) is 0. The van der Waals surface area contributed by atoms with E-state index in [4.69, 9.17) is 16.0 Å². The smallest absolute Gasteiger partial charge is 0.192 e. The van der Waals surface area contributed by atoms with E-state index >= 15 is 0 Å². The van der Waals surface area contributed by atoms with E-state index in [1.54, 1.807) is 0 Å². The summed E-state index contributed by atoms with van der Waals surface area (Å²) in [7, 11) is -1.74. The second-order valence-corrected chi connectivity index (χ2v) is 13.7. The highest BCUT2D eigenvalue weighted by Gasteiger charge is 2.37. The maximum Gasteiger partial charge on any atom is 0.192 e. The lowest BCUT2D eigenvalue weighted by Crippen LogP contribution is -2.41. The van der Waals surface area contributed by atoms with Crippen molar-refractivity contribution in [3.05, 3.63) is 39.6 Å². The number of fused-ring (bicyclic) bond motifs is 1. The molecule has 1 aromatic carbocycles. The van der Waals surface area contributed by atoms with Gasteiger partial charge in [-0.15, -0.1) is 0 Å². The zero-order valence-corrected chi connectivity index (χ0v) is 18.0. The van der Waals surface area contributed by atoms with Crippen molar-refractivity contribution >= 4 is 46.6 Å². The maximum atomic E-state index is 6.40. The second kappa shape index (κ2) is 6.83. The minimum absolute atomic E-state index is 0.224. The quantitative estimate of drug-likeness (QED) is 0.406. The molecule has 0 spiro atoms. The SMILES string of the molecule is CC(CO[Si](C)(C)C(C)(C)C)c1ccc(Br)c2cnc(Cl)cc12. The van der Waals surface area contributed by atoms with Crippen LogP contribution in [0, 0.1) is 0 Å². The van der Waals surface area contributed by atoms with Gasteiger partial charge in [0.2, 0.25) is 0 Å². The fourth-order valence-corrected chi connectivity index (χ4v) is 3.98. The molecule has 0 saturated carbocycles. The van der Waals surface area contributed by atoms with E-state index in [0.717, 1.165) is 21.9 Å². The summed E-state index contributed by atoms with van der Waals surface area (Å²) in [6.07, 6.45) is 1.83. The molecule has 2 rings (SSSR count). The minimum Gasteiger partial charge on any atom is -0.416 e. The zero-order chi connectivity index (χ0) is 17.4. The van der Waals surface area contributed by atoms with Crippen LogP contribution in [0.5, 0.6) is 0 Å². The Morgan fingerprint density at radius 3 is 2.52 bits per heavy atom. The largest absolute Gasteiger partial charge is 0.416 e. The monoisotopic (exact) mass is 413 g/mol. The van der Waals surface area contributed by atoms with Crippen LogP contribution in [0.1, 0.15) is 39.2 Å². The van der Waals surface area contributed by atoms with Crippen molar-refractivity contribution in [2.24, 2.45) is 0 Å². The summed E-state index contributed by atoms with van der Waals surface area (Å²) < 4.78 is 7.44. The molecule has 1 atom stereocenters. The molecule has 0 bridgehead atoms. The van der Waals surface area contributed by atoms with Crippen molar-refractivity contribution in [2.45, 2.75) is 51.7 Å². The van der Waals surface area contributed by atoms with E-state index in [2.05, 4.69) is 73.8 Å². The summed E-state index contributed by atoms with van der Waals surface area (Å²) in [6, 6.07) is 6.18. The summed E-state index contributed by atoms with van der Waals surface area (Å²) in [5.41, 5.74) is 1.26. The lowest BCUT2D eigenvalue weighted by atomic mass is 9.96. The highest BCUT2D eigenvalue weighted by molar-refractivity contribution is 9.10. The molecule has 23 heavy (non-hydrogen) atoms. The Balaban J connectivity index is 2.30. The van der Waals surface area contributed by atoms with Gasteiger partial charge in [0.15, 0.2) is 8.32 Å². The van der Waals surface area contributed by atoms with Gasteiger partial charge in [-0.05, 0) is 41.2 Å². The molecule has 2 nitrogen and oxygen atoms in total. The van der Waals surface area contributed by atoms with E-state index in [0.29, 0.717) is 11.1 Å². The molecule has 1 aromatic heterocycles. The van der Waals surface area contributed by atoms with Crippen molar-refractivity contribution in [1.29, 1.82) is 0 Å². The van der Waals surface area contributed by atoms with Gasteiger partial charge in [0.1, 0.15) is 5.15 Å². The van der Waals surface area contributed by atoms with Crippen molar-refractivity contribution < 1.29 is 4.43 Å². The number of nitrogens with zero attached hydrogens (tertiary/aromatic N) is 1. The molecule has 0 aliphatic rings. The van der Waals surface area contributed by atoms with Crippen LogP contribution in [0.15, 0.2) is 28.9 Å². The third kappa shape index (κ3) is 4.16. The van der Waals surface area contributed by atoms with Gasteiger partial charge in [0.05, 0.1) is 0 Å². The third-order valence-electron chi connectivity index (χ3n) is 4.88. The molecular weight excluding hydrogens is 390 g/mol. The van der Waals surface area contributed by atoms with Gasteiger partial charge < -0.3 is 4.43 Å². The molecule has 0 amide bonds. The number of aromatic nitrogens is 1. The lowest BCUT2D eigenvalue weighted by Gasteiger charge is -2.37. The molecule has 0 saturated heterocycles. The number of benzene rings is 1. The Labute approximate surface area is 153 Å². The van der Waals surface area contributed by atoms with Crippen LogP contribution in [0.4, 0.5) is 0 Å². The van der Waals surface area contributed by atoms with Gasteiger partial charge in [-0.3, -0.25) is 0 Å². The van der Waals surface area contributed by atoms with Gasteiger partial charge >= 0.3 is 0 Å². The summed E-state index contributed by atoms with van der Waals surface area (Å²) >= 11 is 9.70. The fourth-order valence-electron chi connectivity index (χ4n) is 2.27. The number of hydrogen-bond acceptors (Lipinski definition) is 2. The molecule has 1 unspecified atom stereocenters. The van der Waals surface area contributed by atoms with Crippen LogP contribution >= 0.6 is 27.5 Å². The first kappa shape index (κ1) is 18.9. The van der Waals surface area contributed by atoms with Gasteiger partial charge in [-0.25, -0.2) is 4.98 Å². The van der Waals surface area contributed by atoms with E-state index in [-0.39, 0.29) is 5.04 Å². The molecule has 5 heteroatoms. The number of halogens is 2. The fraction of sp³-hybridized carbons (Fsp3) is 0.500. The summed E-state index contributed by atoms with van der Waals surface area (Å²) in [5, 5.41) is 2.98. The van der Waals surface area contributed by atoms with Crippen LogP contribution in [-0.2, 0) is 4.43 Å². The lowest BCUT2D eigenvalue weighted by molar-refractivity contribution is 0.269. The molecule has 0 N–H and O–H groups in total. The second-order valence-electron chi connectivity index (χ2n) is 7.66. The highest BCUT2D eigenvalue weighted by atomic mass is 79.9. The van der Waals surface area contributed by atoms with Gasteiger partial charge in [0, 0.05) is 28.6 Å². The first-order chi connectivity index (χ1) is 10.5. The molecule has 126 valence electrons. The molecule has 0 fully saturated rings. The van der Waals surface area contributed by atoms with Gasteiger partial charge in [0.25, 0.3) is 0 Å². The Kier molecular flexibility index (Phi) is 5.61. The molecule has 0 aliphatic carbocycles. The zero-order valence-electron chi connectivity index (χ0n) is 14.7. The number of pyridine rings is 1. The van der Waals surface area contributed by atoms with Crippen LogP contribution in [0.3, 0.4) is 0 Å². The summed E-state index contributed by atoms with van der Waals surface area (Å²) in [4.78, 5) is 4.20. The van der Waals surface area contributed by atoms with Crippen LogP contribution < -0.4 is 0 Å². The van der Waals surface area contributed by atoms with Crippen molar-refractivity contribution in [2.75, 3.05) is 6.61 Å². The molecule has 2 aromatic rings.